The van der Waals surface area contributed by atoms with Gasteiger partial charge in [0.1, 0.15) is 0 Å². The van der Waals surface area contributed by atoms with Crippen molar-refractivity contribution in [3.8, 4) is 5.69 Å². The van der Waals surface area contributed by atoms with Crippen molar-refractivity contribution in [3.63, 3.8) is 0 Å². The second-order valence-electron chi connectivity index (χ2n) is 3.01. The van der Waals surface area contributed by atoms with E-state index < -0.39 is 0 Å². The molecule has 1 aromatic heterocycles. The lowest BCUT2D eigenvalue weighted by Crippen LogP contribution is -2.07. The molecule has 5 nitrogen and oxygen atoms in total. The maximum absolute atomic E-state index is 4.22. The fraction of sp³-hybridized carbons (Fsp3) is 0.222. The maximum Gasteiger partial charge on any atom is 0.188 e. The van der Waals surface area contributed by atoms with Crippen LogP contribution < -0.4 is 5.32 Å². The summed E-state index contributed by atoms with van der Waals surface area (Å²) in [6, 6.07) is 7.75. The van der Waals surface area contributed by atoms with Crippen molar-refractivity contribution in [1.29, 1.82) is 0 Å². The van der Waals surface area contributed by atoms with Crippen LogP contribution in [-0.4, -0.2) is 27.3 Å². The molecule has 0 bridgehead atoms. The van der Waals surface area contributed by atoms with E-state index in [0.717, 1.165) is 10.2 Å². The average Bonchev–Trinajstić information content (AvgIpc) is 2.67. The molecule has 0 aliphatic carbocycles. The van der Waals surface area contributed by atoms with Gasteiger partial charge in [-0.15, -0.1) is 15.0 Å². The van der Waals surface area contributed by atoms with Crippen molar-refractivity contribution in [2.24, 2.45) is 0 Å². The molecule has 0 atom stereocenters. The zero-order valence-corrected chi connectivity index (χ0v) is 9.77. The zero-order valence-electron chi connectivity index (χ0n) is 8.18. The fourth-order valence-corrected chi connectivity index (χ4v) is 1.57. The summed E-state index contributed by atoms with van der Waals surface area (Å²) in [4.78, 5) is 1.51. The van der Waals surface area contributed by atoms with Crippen molar-refractivity contribution in [2.75, 3.05) is 7.05 Å². The molecule has 1 heterocycles. The standard InChI is InChI=1S/C9H10BrN5/c1-11-6-9-12-14-15(13-9)8-4-2-3-7(10)5-8/h2-5,11H,6H2,1H3. The molecule has 0 radical (unpaired) electrons. The van der Waals surface area contributed by atoms with Gasteiger partial charge in [0.15, 0.2) is 5.82 Å². The van der Waals surface area contributed by atoms with Crippen LogP contribution in [0, 0.1) is 0 Å². The van der Waals surface area contributed by atoms with E-state index in [1.54, 1.807) is 0 Å². The molecule has 6 heteroatoms. The first-order chi connectivity index (χ1) is 7.29. The lowest BCUT2D eigenvalue weighted by molar-refractivity contribution is 0.711. The molecular weight excluding hydrogens is 258 g/mol. The molecule has 0 aliphatic heterocycles. The van der Waals surface area contributed by atoms with E-state index in [2.05, 4.69) is 36.7 Å². The Kier molecular flexibility index (Phi) is 3.08. The summed E-state index contributed by atoms with van der Waals surface area (Å²) in [5.41, 5.74) is 0.888. The quantitative estimate of drug-likeness (QED) is 0.907. The van der Waals surface area contributed by atoms with Gasteiger partial charge in [-0.25, -0.2) is 0 Å². The van der Waals surface area contributed by atoms with Crippen LogP contribution in [0.4, 0.5) is 0 Å². The van der Waals surface area contributed by atoms with Crippen molar-refractivity contribution in [3.05, 3.63) is 34.6 Å². The summed E-state index contributed by atoms with van der Waals surface area (Å²) in [6.07, 6.45) is 0. The Balaban J connectivity index is 2.29. The summed E-state index contributed by atoms with van der Waals surface area (Å²) in [7, 11) is 1.85. The molecule has 78 valence electrons. The maximum atomic E-state index is 4.22. The third-order valence-corrected chi connectivity index (χ3v) is 2.32. The highest BCUT2D eigenvalue weighted by Crippen LogP contribution is 2.13. The first-order valence-corrected chi connectivity index (χ1v) is 5.28. The number of halogens is 1. The van der Waals surface area contributed by atoms with Crippen molar-refractivity contribution in [1.82, 2.24) is 25.5 Å². The monoisotopic (exact) mass is 267 g/mol. The molecule has 1 N–H and O–H groups in total. The third kappa shape index (κ3) is 2.40. The number of aromatic nitrogens is 4. The van der Waals surface area contributed by atoms with E-state index in [9.17, 15) is 0 Å². The Morgan fingerprint density at radius 1 is 1.47 bits per heavy atom. The van der Waals surface area contributed by atoms with Gasteiger partial charge < -0.3 is 5.32 Å². The predicted octanol–water partition coefficient (Wildman–Crippen LogP) is 1.14. The number of tetrazole rings is 1. The zero-order chi connectivity index (χ0) is 10.7. The molecule has 1 aromatic carbocycles. The van der Waals surface area contributed by atoms with E-state index >= 15 is 0 Å². The first kappa shape index (κ1) is 10.3. The topological polar surface area (TPSA) is 55.6 Å². The van der Waals surface area contributed by atoms with E-state index in [1.165, 1.54) is 4.80 Å². The summed E-state index contributed by atoms with van der Waals surface area (Å²) in [5.74, 6) is 0.678. The minimum atomic E-state index is 0.619. The van der Waals surface area contributed by atoms with Crippen molar-refractivity contribution in [2.45, 2.75) is 6.54 Å². The van der Waals surface area contributed by atoms with Gasteiger partial charge >= 0.3 is 0 Å². The number of hydrogen-bond donors (Lipinski definition) is 1. The second-order valence-corrected chi connectivity index (χ2v) is 3.92. The molecule has 15 heavy (non-hydrogen) atoms. The summed E-state index contributed by atoms with van der Waals surface area (Å²) in [6.45, 7) is 0.619. The number of nitrogens with zero attached hydrogens (tertiary/aromatic N) is 4. The Bertz CT molecular complexity index is 453. The van der Waals surface area contributed by atoms with Crippen LogP contribution in [0.2, 0.25) is 0 Å². The second kappa shape index (κ2) is 4.50. The highest BCUT2D eigenvalue weighted by atomic mass is 79.9. The predicted molar refractivity (Wildman–Crippen MR) is 59.6 cm³/mol. The summed E-state index contributed by atoms with van der Waals surface area (Å²) < 4.78 is 0.993. The smallest absolute Gasteiger partial charge is 0.188 e. The normalized spacial score (nSPS) is 10.5. The minimum Gasteiger partial charge on any atom is -0.313 e. The van der Waals surface area contributed by atoms with Gasteiger partial charge in [0.05, 0.1) is 12.2 Å². The van der Waals surface area contributed by atoms with Crippen LogP contribution in [0.1, 0.15) is 5.82 Å². The van der Waals surface area contributed by atoms with Crippen LogP contribution in [0.15, 0.2) is 28.7 Å². The average molecular weight is 268 g/mol. The highest BCUT2D eigenvalue weighted by molar-refractivity contribution is 9.10. The van der Waals surface area contributed by atoms with Crippen LogP contribution in [0.5, 0.6) is 0 Å². The van der Waals surface area contributed by atoms with Gasteiger partial charge in [-0.05, 0) is 30.5 Å². The number of nitrogens with one attached hydrogen (secondary N) is 1. The first-order valence-electron chi connectivity index (χ1n) is 4.49. The highest BCUT2D eigenvalue weighted by Gasteiger charge is 2.03. The molecule has 0 spiro atoms. The minimum absolute atomic E-state index is 0.619. The van der Waals surface area contributed by atoms with Crippen LogP contribution in [0.3, 0.4) is 0 Å². The summed E-state index contributed by atoms with van der Waals surface area (Å²) in [5, 5.41) is 15.1. The number of hydrogen-bond acceptors (Lipinski definition) is 4. The van der Waals surface area contributed by atoms with Gasteiger partial charge in [-0.3, -0.25) is 0 Å². The van der Waals surface area contributed by atoms with E-state index in [0.29, 0.717) is 12.4 Å². The van der Waals surface area contributed by atoms with Gasteiger partial charge in [0.2, 0.25) is 0 Å². The molecule has 2 rings (SSSR count). The Morgan fingerprint density at radius 2 is 2.33 bits per heavy atom. The molecule has 2 aromatic rings. The number of benzene rings is 1. The lowest BCUT2D eigenvalue weighted by Gasteiger charge is -1.97. The molecule has 0 aliphatic rings. The number of rotatable bonds is 3. The van der Waals surface area contributed by atoms with Gasteiger partial charge in [0, 0.05) is 4.47 Å². The fourth-order valence-electron chi connectivity index (χ4n) is 1.18. The largest absolute Gasteiger partial charge is 0.313 e. The van der Waals surface area contributed by atoms with Crippen LogP contribution >= 0.6 is 15.9 Å². The Labute approximate surface area is 95.6 Å². The van der Waals surface area contributed by atoms with E-state index in [1.807, 2.05) is 31.3 Å². The molecule has 0 amide bonds. The Hall–Kier alpha value is -1.27. The van der Waals surface area contributed by atoms with E-state index in [-0.39, 0.29) is 0 Å². The molecule has 0 saturated heterocycles. The van der Waals surface area contributed by atoms with Crippen LogP contribution in [0.25, 0.3) is 5.69 Å². The molecular formula is C9H10BrN5. The lowest BCUT2D eigenvalue weighted by atomic mass is 10.3. The SMILES string of the molecule is CNCc1nnn(-c2cccc(Br)c2)n1. The Morgan fingerprint density at radius 3 is 3.07 bits per heavy atom. The molecule has 0 saturated carbocycles. The van der Waals surface area contributed by atoms with Gasteiger partial charge in [-0.2, -0.15) is 0 Å². The van der Waals surface area contributed by atoms with Gasteiger partial charge in [-0.1, -0.05) is 22.0 Å². The molecule has 0 fully saturated rings. The van der Waals surface area contributed by atoms with E-state index in [4.69, 9.17) is 0 Å². The van der Waals surface area contributed by atoms with Crippen molar-refractivity contribution < 1.29 is 0 Å². The van der Waals surface area contributed by atoms with Crippen LogP contribution in [-0.2, 0) is 6.54 Å². The third-order valence-electron chi connectivity index (χ3n) is 1.83. The van der Waals surface area contributed by atoms with Crippen molar-refractivity contribution >= 4 is 15.9 Å². The molecule has 0 unspecified atom stereocenters. The van der Waals surface area contributed by atoms with Gasteiger partial charge in [0.25, 0.3) is 0 Å². The summed E-state index contributed by atoms with van der Waals surface area (Å²) >= 11 is 3.40.